The number of aromatic nitrogens is 3. The van der Waals surface area contributed by atoms with Crippen LogP contribution in [0.5, 0.6) is 5.75 Å². The quantitative estimate of drug-likeness (QED) is 0.429. The van der Waals surface area contributed by atoms with E-state index in [0.29, 0.717) is 24.1 Å². The molecule has 10 heteroatoms. The van der Waals surface area contributed by atoms with Crippen molar-refractivity contribution in [2.24, 2.45) is 0 Å². The molecule has 0 saturated carbocycles. The lowest BCUT2D eigenvalue weighted by Crippen LogP contribution is -2.38. The van der Waals surface area contributed by atoms with Crippen molar-refractivity contribution in [1.29, 1.82) is 0 Å². The Labute approximate surface area is 208 Å². The van der Waals surface area contributed by atoms with Crippen LogP contribution in [0.1, 0.15) is 12.5 Å². The second-order valence-electron chi connectivity index (χ2n) is 8.21. The Bertz CT molecular complexity index is 1120. The van der Waals surface area contributed by atoms with Gasteiger partial charge >= 0.3 is 0 Å². The summed E-state index contributed by atoms with van der Waals surface area (Å²) in [5.41, 5.74) is 1.69. The van der Waals surface area contributed by atoms with Gasteiger partial charge in [0.05, 0.1) is 25.6 Å². The molecule has 1 unspecified atom stereocenters. The van der Waals surface area contributed by atoms with Gasteiger partial charge in [-0.1, -0.05) is 30.0 Å². The molecule has 0 aliphatic carbocycles. The first-order valence-electron chi connectivity index (χ1n) is 11.6. The largest absolute Gasteiger partial charge is 0.496 e. The van der Waals surface area contributed by atoms with Crippen LogP contribution in [0.2, 0.25) is 0 Å². The zero-order chi connectivity index (χ0) is 24.6. The van der Waals surface area contributed by atoms with E-state index in [4.69, 9.17) is 9.47 Å². The van der Waals surface area contributed by atoms with E-state index in [-0.39, 0.29) is 11.7 Å². The number of nitrogens with one attached hydrogen (secondary N) is 1. The number of amides is 1. The Morgan fingerprint density at radius 2 is 1.89 bits per heavy atom. The summed E-state index contributed by atoms with van der Waals surface area (Å²) in [4.78, 5) is 15.2. The second-order valence-corrected chi connectivity index (χ2v) is 9.52. The Morgan fingerprint density at radius 3 is 2.63 bits per heavy atom. The third-order valence-electron chi connectivity index (χ3n) is 5.86. The fraction of sp³-hybridized carbons (Fsp3) is 0.400. The van der Waals surface area contributed by atoms with Gasteiger partial charge in [0.2, 0.25) is 5.91 Å². The molecule has 2 heterocycles. The monoisotopic (exact) mass is 499 g/mol. The molecule has 186 valence electrons. The Kier molecular flexibility index (Phi) is 8.73. The molecule has 1 N–H and O–H groups in total. The molecule has 0 radical (unpaired) electrons. The molecule has 3 aromatic rings. The molecule has 0 spiro atoms. The van der Waals surface area contributed by atoms with Gasteiger partial charge in [0.1, 0.15) is 11.6 Å². The van der Waals surface area contributed by atoms with Gasteiger partial charge in [0, 0.05) is 43.9 Å². The van der Waals surface area contributed by atoms with Crippen LogP contribution in [0.25, 0.3) is 11.4 Å². The zero-order valence-corrected chi connectivity index (χ0v) is 20.8. The molecular formula is C25H30FN5O3S. The van der Waals surface area contributed by atoms with E-state index in [9.17, 15) is 9.18 Å². The Morgan fingerprint density at radius 1 is 1.14 bits per heavy atom. The number of nitrogens with zero attached hydrogens (tertiary/aromatic N) is 4. The van der Waals surface area contributed by atoms with Crippen LogP contribution in [0.4, 0.5) is 4.39 Å². The first-order chi connectivity index (χ1) is 17.0. The maximum Gasteiger partial charge on any atom is 0.233 e. The van der Waals surface area contributed by atoms with E-state index in [1.54, 1.807) is 19.2 Å². The number of hydrogen-bond donors (Lipinski definition) is 1. The number of hydrogen-bond acceptors (Lipinski definition) is 7. The number of methoxy groups -OCH3 is 1. The van der Waals surface area contributed by atoms with Crippen molar-refractivity contribution in [3.63, 3.8) is 0 Å². The van der Waals surface area contributed by atoms with E-state index in [1.807, 2.05) is 35.8 Å². The minimum atomic E-state index is -0.392. The molecule has 8 nitrogen and oxygen atoms in total. The molecule has 1 aliphatic rings. The van der Waals surface area contributed by atoms with Crippen molar-refractivity contribution in [2.45, 2.75) is 30.4 Å². The van der Waals surface area contributed by atoms with Crippen molar-refractivity contribution < 1.29 is 18.7 Å². The van der Waals surface area contributed by atoms with E-state index in [0.717, 1.165) is 49.7 Å². The fourth-order valence-electron chi connectivity index (χ4n) is 3.84. The minimum absolute atomic E-state index is 0.105. The number of benzene rings is 2. The first kappa shape index (κ1) is 25.2. The lowest BCUT2D eigenvalue weighted by Gasteiger charge is -2.27. The van der Waals surface area contributed by atoms with Gasteiger partial charge in [0.15, 0.2) is 11.0 Å². The summed E-state index contributed by atoms with van der Waals surface area (Å²) in [6.07, 6.45) is 0. The van der Waals surface area contributed by atoms with E-state index >= 15 is 0 Å². The van der Waals surface area contributed by atoms with Gasteiger partial charge in [-0.25, -0.2) is 4.39 Å². The third kappa shape index (κ3) is 6.59. The van der Waals surface area contributed by atoms with Gasteiger partial charge in [-0.05, 0) is 37.3 Å². The molecule has 1 saturated heterocycles. The molecule has 1 amide bonds. The van der Waals surface area contributed by atoms with Gasteiger partial charge in [-0.15, -0.1) is 10.2 Å². The summed E-state index contributed by atoms with van der Waals surface area (Å²) < 4.78 is 26.3. The van der Waals surface area contributed by atoms with Gasteiger partial charge < -0.3 is 19.4 Å². The maximum atomic E-state index is 13.5. The minimum Gasteiger partial charge on any atom is -0.496 e. The highest BCUT2D eigenvalue weighted by Crippen LogP contribution is 2.27. The van der Waals surface area contributed by atoms with Crippen LogP contribution < -0.4 is 10.1 Å². The Balaban J connectivity index is 1.46. The highest BCUT2D eigenvalue weighted by Gasteiger charge is 2.22. The first-order valence-corrected chi connectivity index (χ1v) is 12.5. The van der Waals surface area contributed by atoms with Crippen LogP contribution >= 0.6 is 11.8 Å². The average Bonchev–Trinajstić information content (AvgIpc) is 3.29. The summed E-state index contributed by atoms with van der Waals surface area (Å²) in [7, 11) is 1.61. The van der Waals surface area contributed by atoms with Crippen LogP contribution in [0.15, 0.2) is 53.7 Å². The van der Waals surface area contributed by atoms with Crippen molar-refractivity contribution in [3.05, 3.63) is 59.9 Å². The summed E-state index contributed by atoms with van der Waals surface area (Å²) in [6.45, 7) is 6.86. The Hall–Kier alpha value is -2.95. The number of ether oxygens (including phenoxy) is 2. The van der Waals surface area contributed by atoms with E-state index in [1.165, 1.54) is 23.9 Å². The number of halogens is 1. The lowest BCUT2D eigenvalue weighted by molar-refractivity contribution is -0.120. The van der Waals surface area contributed by atoms with Crippen LogP contribution in [0.3, 0.4) is 0 Å². The smallest absolute Gasteiger partial charge is 0.233 e. The normalized spacial score (nSPS) is 15.1. The number of carbonyl (C=O) groups is 1. The molecule has 0 bridgehead atoms. The van der Waals surface area contributed by atoms with Crippen LogP contribution in [-0.2, 0) is 22.6 Å². The van der Waals surface area contributed by atoms with E-state index < -0.39 is 5.25 Å². The summed E-state index contributed by atoms with van der Waals surface area (Å²) in [6, 6.07) is 13.8. The SMILES string of the molecule is COc1ccccc1CNC(=O)C(C)Sc1nnc(-c2ccc(F)cc2)n1CCN1CCOCC1. The maximum absolute atomic E-state index is 13.5. The van der Waals surface area contributed by atoms with E-state index in [2.05, 4.69) is 20.4 Å². The predicted octanol–water partition coefficient (Wildman–Crippen LogP) is 3.22. The number of morpholine rings is 1. The number of para-hydroxylation sites is 1. The molecule has 1 aromatic heterocycles. The van der Waals surface area contributed by atoms with Gasteiger partial charge in [0.25, 0.3) is 0 Å². The highest BCUT2D eigenvalue weighted by molar-refractivity contribution is 8.00. The van der Waals surface area contributed by atoms with Crippen molar-refractivity contribution in [1.82, 2.24) is 25.0 Å². The molecule has 35 heavy (non-hydrogen) atoms. The summed E-state index contributed by atoms with van der Waals surface area (Å²) >= 11 is 1.36. The van der Waals surface area contributed by atoms with Crippen molar-refractivity contribution >= 4 is 17.7 Å². The highest BCUT2D eigenvalue weighted by atomic mass is 32.2. The number of rotatable bonds is 10. The molecule has 1 fully saturated rings. The molecule has 1 atom stereocenters. The standard InChI is InChI=1S/C25H30FN5O3S/c1-18(24(32)27-17-20-5-3-4-6-22(20)33-2)35-25-29-28-23(19-7-9-21(26)10-8-19)31(25)12-11-30-13-15-34-16-14-30/h3-10,18H,11-17H2,1-2H3,(H,27,32). The zero-order valence-electron chi connectivity index (χ0n) is 19.9. The molecular weight excluding hydrogens is 469 g/mol. The third-order valence-corrected chi connectivity index (χ3v) is 6.94. The second kappa shape index (κ2) is 12.1. The molecule has 4 rings (SSSR count). The molecule has 1 aliphatic heterocycles. The summed E-state index contributed by atoms with van der Waals surface area (Å²) in [5, 5.41) is 12.0. The predicted molar refractivity (Wildman–Crippen MR) is 133 cm³/mol. The van der Waals surface area contributed by atoms with Crippen LogP contribution in [-0.4, -0.2) is 70.8 Å². The summed E-state index contributed by atoms with van der Waals surface area (Å²) in [5.74, 6) is 0.984. The van der Waals surface area contributed by atoms with Gasteiger partial charge in [-0.3, -0.25) is 9.69 Å². The topological polar surface area (TPSA) is 81.5 Å². The fourth-order valence-corrected chi connectivity index (χ4v) is 4.74. The van der Waals surface area contributed by atoms with Crippen molar-refractivity contribution in [3.8, 4) is 17.1 Å². The number of carbonyl (C=O) groups excluding carboxylic acids is 1. The molecule has 2 aromatic carbocycles. The van der Waals surface area contributed by atoms with Crippen molar-refractivity contribution in [2.75, 3.05) is 40.0 Å². The number of thioether (sulfide) groups is 1. The lowest BCUT2D eigenvalue weighted by atomic mass is 10.2. The van der Waals surface area contributed by atoms with Gasteiger partial charge in [-0.2, -0.15) is 0 Å². The average molecular weight is 500 g/mol. The van der Waals surface area contributed by atoms with Crippen LogP contribution in [0, 0.1) is 5.82 Å².